The van der Waals surface area contributed by atoms with Crippen molar-refractivity contribution < 1.29 is 14.7 Å². The number of nitrogens with zero attached hydrogens (tertiary/aromatic N) is 1. The molecule has 0 aromatic heterocycles. The smallest absolute Gasteiger partial charge is 0.264 e. The monoisotopic (exact) mass is 513 g/mol. The normalized spacial score (nSPS) is 18.0. The zero-order valence-corrected chi connectivity index (χ0v) is 18.5. The molecule has 0 radical (unpaired) electrons. The number of para-hydroxylation sites is 1. The summed E-state index contributed by atoms with van der Waals surface area (Å²) in [4.78, 5) is 27.7. The number of Topliss-reactive ketones (excluding diaryl/α,β-unsaturated/α-hetero) is 1. The van der Waals surface area contributed by atoms with Crippen LogP contribution in [0.4, 0.5) is 5.69 Å². The molecule has 1 unspecified atom stereocenters. The molecule has 4 nitrogen and oxygen atoms in total. The van der Waals surface area contributed by atoms with Crippen LogP contribution in [0.15, 0.2) is 81.7 Å². The highest BCUT2D eigenvalue weighted by atomic mass is 79.9. The van der Waals surface area contributed by atoms with Gasteiger partial charge in [-0.25, -0.2) is 0 Å². The highest BCUT2D eigenvalue weighted by Gasteiger charge is 2.50. The van der Waals surface area contributed by atoms with Crippen molar-refractivity contribution in [1.82, 2.24) is 0 Å². The maximum atomic E-state index is 13.3. The molecule has 0 saturated carbocycles. The van der Waals surface area contributed by atoms with Crippen molar-refractivity contribution in [2.45, 2.75) is 18.6 Å². The van der Waals surface area contributed by atoms with Gasteiger partial charge in [0, 0.05) is 20.1 Å². The highest BCUT2D eigenvalue weighted by molar-refractivity contribution is 9.10. The number of rotatable bonds is 5. The van der Waals surface area contributed by atoms with Gasteiger partial charge in [-0.3, -0.25) is 9.59 Å². The largest absolute Gasteiger partial charge is 0.375 e. The van der Waals surface area contributed by atoms with Crippen LogP contribution < -0.4 is 4.90 Å². The molecular formula is C23H17Br2NO3. The predicted molar refractivity (Wildman–Crippen MR) is 119 cm³/mol. The lowest BCUT2D eigenvalue weighted by Gasteiger charge is -2.23. The van der Waals surface area contributed by atoms with E-state index >= 15 is 0 Å². The van der Waals surface area contributed by atoms with Crippen LogP contribution in [0.3, 0.4) is 0 Å². The number of ketones is 1. The van der Waals surface area contributed by atoms with Gasteiger partial charge in [-0.1, -0.05) is 74.3 Å². The molecule has 1 N–H and O–H groups in total. The molecule has 146 valence electrons. The molecule has 0 aliphatic carbocycles. The second-order valence-electron chi connectivity index (χ2n) is 7.01. The number of carbonyl (C=O) groups excluding carboxylic acids is 2. The van der Waals surface area contributed by atoms with Crippen molar-refractivity contribution in [3.63, 3.8) is 0 Å². The Kier molecular flexibility index (Phi) is 5.42. The molecule has 0 saturated heterocycles. The van der Waals surface area contributed by atoms with Crippen molar-refractivity contribution in [2.24, 2.45) is 0 Å². The first-order valence-electron chi connectivity index (χ1n) is 9.05. The molecule has 0 spiro atoms. The molecule has 0 bridgehead atoms. The van der Waals surface area contributed by atoms with E-state index in [2.05, 4.69) is 31.9 Å². The van der Waals surface area contributed by atoms with Crippen LogP contribution in [-0.2, 0) is 16.9 Å². The lowest BCUT2D eigenvalue weighted by molar-refractivity contribution is -0.136. The second-order valence-corrected chi connectivity index (χ2v) is 8.84. The number of hydrogen-bond acceptors (Lipinski definition) is 3. The fraction of sp³-hybridized carbons (Fsp3) is 0.130. The van der Waals surface area contributed by atoms with Gasteiger partial charge >= 0.3 is 0 Å². The standard InChI is InChI=1S/C23H17Br2NO3/c24-17-10-8-15(9-11-17)14-26-20-7-2-1-6-19(20)23(29,22(26)28)13-21(27)16-4-3-5-18(25)12-16/h1-12,29H,13-14H2. The van der Waals surface area contributed by atoms with Gasteiger partial charge in [0.2, 0.25) is 0 Å². The molecule has 1 aliphatic heterocycles. The summed E-state index contributed by atoms with van der Waals surface area (Å²) in [7, 11) is 0. The summed E-state index contributed by atoms with van der Waals surface area (Å²) in [6.45, 7) is 0.316. The molecule has 3 aromatic carbocycles. The van der Waals surface area contributed by atoms with Crippen LogP contribution in [0.5, 0.6) is 0 Å². The first kappa shape index (κ1) is 20.0. The Bertz CT molecular complexity index is 1100. The van der Waals surface area contributed by atoms with Gasteiger partial charge in [-0.2, -0.15) is 0 Å². The van der Waals surface area contributed by atoms with E-state index in [0.29, 0.717) is 23.4 Å². The molecule has 4 rings (SSSR count). The Balaban J connectivity index is 1.67. The van der Waals surface area contributed by atoms with Crippen LogP contribution >= 0.6 is 31.9 Å². The topological polar surface area (TPSA) is 57.6 Å². The Morgan fingerprint density at radius 3 is 2.38 bits per heavy atom. The number of fused-ring (bicyclic) bond motifs is 1. The summed E-state index contributed by atoms with van der Waals surface area (Å²) in [6, 6.07) is 21.7. The lowest BCUT2D eigenvalue weighted by Crippen LogP contribution is -2.41. The van der Waals surface area contributed by atoms with Crippen molar-refractivity contribution >= 4 is 49.2 Å². The number of carbonyl (C=O) groups is 2. The van der Waals surface area contributed by atoms with E-state index in [9.17, 15) is 14.7 Å². The van der Waals surface area contributed by atoms with E-state index in [-0.39, 0.29) is 12.2 Å². The summed E-state index contributed by atoms with van der Waals surface area (Å²) < 4.78 is 1.72. The van der Waals surface area contributed by atoms with E-state index in [1.165, 1.54) is 0 Å². The quantitative estimate of drug-likeness (QED) is 0.475. The van der Waals surface area contributed by atoms with Gasteiger partial charge < -0.3 is 10.0 Å². The van der Waals surface area contributed by atoms with E-state index < -0.39 is 11.5 Å². The predicted octanol–water partition coefficient (Wildman–Crippen LogP) is 5.22. The zero-order chi connectivity index (χ0) is 20.6. The van der Waals surface area contributed by atoms with Crippen LogP contribution in [0, 0.1) is 0 Å². The molecule has 1 heterocycles. The Labute approximate surface area is 185 Å². The Morgan fingerprint density at radius 2 is 1.66 bits per heavy atom. The van der Waals surface area contributed by atoms with Gasteiger partial charge in [0.25, 0.3) is 5.91 Å². The van der Waals surface area contributed by atoms with Crippen LogP contribution in [0.2, 0.25) is 0 Å². The van der Waals surface area contributed by atoms with Crippen molar-refractivity contribution in [3.05, 3.63) is 98.4 Å². The minimum atomic E-state index is -1.88. The molecule has 1 amide bonds. The maximum Gasteiger partial charge on any atom is 0.264 e. The summed E-state index contributed by atoms with van der Waals surface area (Å²) in [5.74, 6) is -0.771. The van der Waals surface area contributed by atoms with E-state index in [1.807, 2.05) is 36.4 Å². The SMILES string of the molecule is O=C(CC1(O)C(=O)N(Cc2ccc(Br)cc2)c2ccccc21)c1cccc(Br)c1. The van der Waals surface area contributed by atoms with Gasteiger partial charge in [0.05, 0.1) is 18.7 Å². The minimum Gasteiger partial charge on any atom is -0.375 e. The maximum absolute atomic E-state index is 13.3. The van der Waals surface area contributed by atoms with Crippen LogP contribution in [0.1, 0.15) is 27.9 Å². The molecule has 1 aliphatic rings. The lowest BCUT2D eigenvalue weighted by atomic mass is 9.88. The third-order valence-corrected chi connectivity index (χ3v) is 6.08. The molecule has 6 heteroatoms. The number of hydrogen-bond donors (Lipinski definition) is 1. The fourth-order valence-electron chi connectivity index (χ4n) is 3.60. The highest BCUT2D eigenvalue weighted by Crippen LogP contribution is 2.43. The molecule has 3 aromatic rings. The Hall–Kier alpha value is -2.28. The zero-order valence-electron chi connectivity index (χ0n) is 15.3. The number of anilines is 1. The average molecular weight is 515 g/mol. The van der Waals surface area contributed by atoms with E-state index in [0.717, 1.165) is 14.5 Å². The van der Waals surface area contributed by atoms with Gasteiger partial charge in [0.1, 0.15) is 0 Å². The van der Waals surface area contributed by atoms with Gasteiger partial charge in [-0.05, 0) is 35.9 Å². The number of amides is 1. The summed E-state index contributed by atoms with van der Waals surface area (Å²) in [6.07, 6.45) is -0.309. The fourth-order valence-corrected chi connectivity index (χ4v) is 4.27. The van der Waals surface area contributed by atoms with Crippen LogP contribution in [0.25, 0.3) is 0 Å². The first-order valence-corrected chi connectivity index (χ1v) is 10.6. The van der Waals surface area contributed by atoms with Crippen molar-refractivity contribution in [1.29, 1.82) is 0 Å². The van der Waals surface area contributed by atoms with Crippen molar-refractivity contribution in [2.75, 3.05) is 4.90 Å². The average Bonchev–Trinajstić information content (AvgIpc) is 2.92. The molecule has 1 atom stereocenters. The van der Waals surface area contributed by atoms with Crippen LogP contribution in [-0.4, -0.2) is 16.8 Å². The summed E-state index contributed by atoms with van der Waals surface area (Å²) in [5.41, 5.74) is 0.588. The second kappa shape index (κ2) is 7.86. The van der Waals surface area contributed by atoms with Gasteiger partial charge in [0.15, 0.2) is 11.4 Å². The third kappa shape index (κ3) is 3.80. The number of benzene rings is 3. The summed E-state index contributed by atoms with van der Waals surface area (Å²) >= 11 is 6.76. The van der Waals surface area contributed by atoms with E-state index in [1.54, 1.807) is 41.3 Å². The first-order chi connectivity index (χ1) is 13.9. The van der Waals surface area contributed by atoms with Gasteiger partial charge in [-0.15, -0.1) is 0 Å². The Morgan fingerprint density at radius 1 is 0.931 bits per heavy atom. The van der Waals surface area contributed by atoms with E-state index in [4.69, 9.17) is 0 Å². The number of halogens is 2. The molecule has 29 heavy (non-hydrogen) atoms. The minimum absolute atomic E-state index is 0.289. The summed E-state index contributed by atoms with van der Waals surface area (Å²) in [5, 5.41) is 11.4. The molecule has 0 fully saturated rings. The van der Waals surface area contributed by atoms with Crippen molar-refractivity contribution in [3.8, 4) is 0 Å². The molecular weight excluding hydrogens is 498 g/mol. The number of aliphatic hydroxyl groups is 1. The third-order valence-electron chi connectivity index (χ3n) is 5.06.